The summed E-state index contributed by atoms with van der Waals surface area (Å²) in [6.07, 6.45) is 5.15. The summed E-state index contributed by atoms with van der Waals surface area (Å²) in [6.45, 7) is 12.0. The molecule has 96 valence electrons. The molecule has 1 aliphatic heterocycles. The highest BCUT2D eigenvalue weighted by atomic mass is 16.3. The van der Waals surface area contributed by atoms with E-state index in [4.69, 9.17) is 0 Å². The van der Waals surface area contributed by atoms with Crippen molar-refractivity contribution in [1.29, 1.82) is 0 Å². The molecule has 2 nitrogen and oxygen atoms in total. The van der Waals surface area contributed by atoms with E-state index in [1.165, 1.54) is 38.8 Å². The molecule has 1 N–H and O–H groups in total. The van der Waals surface area contributed by atoms with Crippen LogP contribution in [0.2, 0.25) is 0 Å². The third-order valence-electron chi connectivity index (χ3n) is 3.89. The second-order valence-electron chi connectivity index (χ2n) is 5.98. The van der Waals surface area contributed by atoms with E-state index in [-0.39, 0.29) is 6.10 Å². The monoisotopic (exact) mass is 227 g/mol. The van der Waals surface area contributed by atoms with Crippen LogP contribution >= 0.6 is 0 Å². The minimum Gasteiger partial charge on any atom is -0.392 e. The maximum absolute atomic E-state index is 9.85. The zero-order valence-electron chi connectivity index (χ0n) is 11.5. The fourth-order valence-corrected chi connectivity index (χ4v) is 3.01. The maximum atomic E-state index is 9.85. The van der Waals surface area contributed by atoms with Gasteiger partial charge in [-0.25, -0.2) is 0 Å². The van der Waals surface area contributed by atoms with Gasteiger partial charge in [-0.15, -0.1) is 0 Å². The summed E-state index contributed by atoms with van der Waals surface area (Å²) in [5.74, 6) is 0.382. The molecule has 0 spiro atoms. The van der Waals surface area contributed by atoms with E-state index >= 15 is 0 Å². The molecular weight excluding hydrogens is 198 g/mol. The molecule has 0 aromatic rings. The van der Waals surface area contributed by atoms with E-state index in [9.17, 15) is 5.11 Å². The van der Waals surface area contributed by atoms with Crippen LogP contribution in [-0.4, -0.2) is 35.7 Å². The number of hydrogen-bond acceptors (Lipinski definition) is 2. The Bertz CT molecular complexity index is 189. The van der Waals surface area contributed by atoms with Crippen molar-refractivity contribution in [3.05, 3.63) is 0 Å². The molecule has 1 unspecified atom stereocenters. The lowest BCUT2D eigenvalue weighted by Crippen LogP contribution is -2.58. The van der Waals surface area contributed by atoms with Gasteiger partial charge in [0.25, 0.3) is 0 Å². The fourth-order valence-electron chi connectivity index (χ4n) is 3.01. The van der Waals surface area contributed by atoms with Crippen LogP contribution in [0.15, 0.2) is 0 Å². The number of nitrogens with zero attached hydrogens (tertiary/aromatic N) is 1. The van der Waals surface area contributed by atoms with Crippen molar-refractivity contribution in [1.82, 2.24) is 4.90 Å². The van der Waals surface area contributed by atoms with Crippen molar-refractivity contribution in [2.24, 2.45) is 11.3 Å². The summed E-state index contributed by atoms with van der Waals surface area (Å²) in [5.41, 5.74) is 0.584. The zero-order chi connectivity index (χ0) is 12.2. The average molecular weight is 227 g/mol. The van der Waals surface area contributed by atoms with Crippen LogP contribution in [0.3, 0.4) is 0 Å². The van der Waals surface area contributed by atoms with Crippen LogP contribution in [0, 0.1) is 11.3 Å². The smallest absolute Gasteiger partial charge is 0.0689 e. The van der Waals surface area contributed by atoms with Gasteiger partial charge in [-0.1, -0.05) is 40.5 Å². The molecule has 0 aromatic heterocycles. The van der Waals surface area contributed by atoms with Crippen LogP contribution in [0.1, 0.15) is 53.4 Å². The van der Waals surface area contributed by atoms with Crippen molar-refractivity contribution in [2.45, 2.75) is 59.5 Å². The van der Waals surface area contributed by atoms with Crippen molar-refractivity contribution in [3.8, 4) is 0 Å². The predicted octanol–water partition coefficient (Wildman–Crippen LogP) is 2.91. The van der Waals surface area contributed by atoms with Crippen molar-refractivity contribution < 1.29 is 5.11 Å². The standard InChI is InChI=1S/C14H29NO/c1-5-7-14(8-6-2)10-15(11-14)9-13(16)12(3)4/h12-13,16H,5-11H2,1-4H3. The summed E-state index contributed by atoms with van der Waals surface area (Å²) < 4.78 is 0. The molecule has 1 atom stereocenters. The molecule has 0 radical (unpaired) electrons. The average Bonchev–Trinajstić information content (AvgIpc) is 2.15. The third-order valence-corrected chi connectivity index (χ3v) is 3.89. The van der Waals surface area contributed by atoms with Gasteiger partial charge < -0.3 is 5.11 Å². The van der Waals surface area contributed by atoms with Crippen molar-refractivity contribution in [2.75, 3.05) is 19.6 Å². The Morgan fingerprint density at radius 2 is 1.62 bits per heavy atom. The topological polar surface area (TPSA) is 23.5 Å². The van der Waals surface area contributed by atoms with Gasteiger partial charge in [0.05, 0.1) is 6.10 Å². The summed E-state index contributed by atoms with van der Waals surface area (Å²) in [7, 11) is 0. The molecular formula is C14H29NO. The fraction of sp³-hybridized carbons (Fsp3) is 1.00. The van der Waals surface area contributed by atoms with Gasteiger partial charge in [-0.2, -0.15) is 0 Å². The first-order chi connectivity index (χ1) is 7.53. The molecule has 0 bridgehead atoms. The summed E-state index contributed by atoms with van der Waals surface area (Å²) in [5, 5.41) is 9.85. The van der Waals surface area contributed by atoms with E-state index in [0.717, 1.165) is 6.54 Å². The largest absolute Gasteiger partial charge is 0.392 e. The van der Waals surface area contributed by atoms with E-state index in [0.29, 0.717) is 11.3 Å². The third kappa shape index (κ3) is 3.46. The van der Waals surface area contributed by atoms with Crippen molar-refractivity contribution in [3.63, 3.8) is 0 Å². The lowest BCUT2D eigenvalue weighted by Gasteiger charge is -2.51. The van der Waals surface area contributed by atoms with Gasteiger partial charge in [0.15, 0.2) is 0 Å². The molecule has 1 heterocycles. The van der Waals surface area contributed by atoms with Crippen LogP contribution < -0.4 is 0 Å². The number of aliphatic hydroxyl groups is 1. The summed E-state index contributed by atoms with van der Waals surface area (Å²) in [4.78, 5) is 2.43. The molecule has 1 rings (SSSR count). The number of likely N-dealkylation sites (tertiary alicyclic amines) is 1. The van der Waals surface area contributed by atoms with Crippen LogP contribution in [0.5, 0.6) is 0 Å². The van der Waals surface area contributed by atoms with Crippen LogP contribution in [-0.2, 0) is 0 Å². The molecule has 0 aromatic carbocycles. The van der Waals surface area contributed by atoms with E-state index in [1.54, 1.807) is 0 Å². The second kappa shape index (κ2) is 6.02. The van der Waals surface area contributed by atoms with Crippen molar-refractivity contribution >= 4 is 0 Å². The van der Waals surface area contributed by atoms with Gasteiger partial charge in [0.2, 0.25) is 0 Å². The highest BCUT2D eigenvalue weighted by molar-refractivity contribution is 4.95. The Hall–Kier alpha value is -0.0800. The number of aliphatic hydroxyl groups excluding tert-OH is 1. The lowest BCUT2D eigenvalue weighted by molar-refractivity contribution is -0.0466. The first-order valence-electron chi connectivity index (χ1n) is 6.93. The minimum absolute atomic E-state index is 0.152. The SMILES string of the molecule is CCCC1(CCC)CN(CC(O)C(C)C)C1. The lowest BCUT2D eigenvalue weighted by atomic mass is 9.72. The Balaban J connectivity index is 2.32. The van der Waals surface area contributed by atoms with Gasteiger partial charge in [-0.05, 0) is 24.2 Å². The molecule has 1 aliphatic rings. The van der Waals surface area contributed by atoms with E-state index < -0.39 is 0 Å². The molecule has 1 saturated heterocycles. The Morgan fingerprint density at radius 1 is 1.12 bits per heavy atom. The molecule has 1 fully saturated rings. The van der Waals surface area contributed by atoms with Gasteiger partial charge in [0.1, 0.15) is 0 Å². The number of hydrogen-bond donors (Lipinski definition) is 1. The highest BCUT2D eigenvalue weighted by Gasteiger charge is 2.41. The predicted molar refractivity (Wildman–Crippen MR) is 69.5 cm³/mol. The number of rotatable bonds is 7. The van der Waals surface area contributed by atoms with E-state index in [2.05, 4.69) is 32.6 Å². The van der Waals surface area contributed by atoms with Crippen LogP contribution in [0.25, 0.3) is 0 Å². The maximum Gasteiger partial charge on any atom is 0.0689 e. The Labute approximate surface area is 101 Å². The molecule has 0 saturated carbocycles. The number of β-amino-alcohol motifs (C(OH)–C–C–N with tert-alkyl or cyclic N) is 1. The first-order valence-corrected chi connectivity index (χ1v) is 6.93. The molecule has 2 heteroatoms. The Kier molecular flexibility index (Phi) is 5.26. The molecule has 0 amide bonds. The normalized spacial score (nSPS) is 22.1. The molecule has 16 heavy (non-hydrogen) atoms. The Morgan fingerprint density at radius 3 is 2.00 bits per heavy atom. The summed E-state index contributed by atoms with van der Waals surface area (Å²) in [6, 6.07) is 0. The van der Waals surface area contributed by atoms with Gasteiger partial charge in [0, 0.05) is 19.6 Å². The van der Waals surface area contributed by atoms with E-state index in [1.807, 2.05) is 0 Å². The first kappa shape index (κ1) is 14.0. The van der Waals surface area contributed by atoms with Gasteiger partial charge >= 0.3 is 0 Å². The highest BCUT2D eigenvalue weighted by Crippen LogP contribution is 2.39. The quantitative estimate of drug-likeness (QED) is 0.723. The summed E-state index contributed by atoms with van der Waals surface area (Å²) >= 11 is 0. The second-order valence-corrected chi connectivity index (χ2v) is 5.98. The van der Waals surface area contributed by atoms with Gasteiger partial charge in [-0.3, -0.25) is 4.90 Å². The minimum atomic E-state index is -0.152. The van der Waals surface area contributed by atoms with Crippen LogP contribution in [0.4, 0.5) is 0 Å². The zero-order valence-corrected chi connectivity index (χ0v) is 11.5. The molecule has 0 aliphatic carbocycles.